The number of carbonyl (C=O) groups excluding carboxylic acids is 1. The molecular formula is C22H25N3O2. The van der Waals surface area contributed by atoms with Crippen LogP contribution in [0.4, 0.5) is 5.69 Å². The zero-order valence-electron chi connectivity index (χ0n) is 15.6. The highest BCUT2D eigenvalue weighted by Gasteiger charge is 2.16. The van der Waals surface area contributed by atoms with E-state index >= 15 is 0 Å². The van der Waals surface area contributed by atoms with Crippen LogP contribution in [0.5, 0.6) is 5.88 Å². The first-order valence-corrected chi connectivity index (χ1v) is 9.49. The van der Waals surface area contributed by atoms with Crippen molar-refractivity contribution in [2.24, 2.45) is 10.2 Å². The third kappa shape index (κ3) is 4.61. The number of para-hydroxylation sites is 1. The van der Waals surface area contributed by atoms with Crippen LogP contribution < -0.4 is 0 Å². The minimum absolute atomic E-state index is 0.0302. The van der Waals surface area contributed by atoms with Crippen molar-refractivity contribution < 1.29 is 9.90 Å². The Morgan fingerprint density at radius 2 is 1.74 bits per heavy atom. The number of nitrogens with zero attached hydrogens (tertiary/aromatic N) is 3. The lowest BCUT2D eigenvalue weighted by Crippen LogP contribution is -1.98. The largest absolute Gasteiger partial charge is 0.493 e. The summed E-state index contributed by atoms with van der Waals surface area (Å²) in [5, 5.41) is 19.5. The first-order chi connectivity index (χ1) is 13.2. The highest BCUT2D eigenvalue weighted by molar-refractivity contribution is 5.95. The number of fused-ring (bicyclic) bond motifs is 1. The summed E-state index contributed by atoms with van der Waals surface area (Å²) in [4.78, 5) is 12.0. The van der Waals surface area contributed by atoms with E-state index in [4.69, 9.17) is 0 Å². The number of azo groups is 1. The molecule has 0 radical (unpaired) electrons. The highest BCUT2D eigenvalue weighted by atomic mass is 16.3. The van der Waals surface area contributed by atoms with Crippen molar-refractivity contribution in [3.8, 4) is 5.88 Å². The Bertz CT molecular complexity index is 929. The lowest BCUT2D eigenvalue weighted by atomic mass is 10.1. The van der Waals surface area contributed by atoms with Crippen LogP contribution in [0.25, 0.3) is 10.9 Å². The first kappa shape index (κ1) is 18.8. The molecule has 0 atom stereocenters. The molecular weight excluding hydrogens is 338 g/mol. The van der Waals surface area contributed by atoms with Crippen LogP contribution in [-0.2, 0) is 11.3 Å². The average molecular weight is 363 g/mol. The molecule has 1 aromatic heterocycles. The molecule has 2 aromatic carbocycles. The summed E-state index contributed by atoms with van der Waals surface area (Å²) in [6.07, 6.45) is 4.50. The summed E-state index contributed by atoms with van der Waals surface area (Å²) in [6.45, 7) is 2.66. The molecule has 5 nitrogen and oxygen atoms in total. The molecule has 27 heavy (non-hydrogen) atoms. The number of hydrogen-bond donors (Lipinski definition) is 1. The fourth-order valence-corrected chi connectivity index (χ4v) is 3.16. The molecule has 1 amide bonds. The lowest BCUT2D eigenvalue weighted by Gasteiger charge is -2.06. The molecule has 0 aliphatic carbocycles. The third-order valence-corrected chi connectivity index (χ3v) is 4.61. The van der Waals surface area contributed by atoms with Gasteiger partial charge in [-0.1, -0.05) is 74.7 Å². The molecule has 140 valence electrons. The summed E-state index contributed by atoms with van der Waals surface area (Å²) < 4.78 is 1.80. The summed E-state index contributed by atoms with van der Waals surface area (Å²) in [5.41, 5.74) is 2.29. The van der Waals surface area contributed by atoms with Crippen LogP contribution in [0.2, 0.25) is 0 Å². The van der Waals surface area contributed by atoms with Gasteiger partial charge in [-0.15, -0.1) is 10.2 Å². The van der Waals surface area contributed by atoms with Crippen LogP contribution in [0.1, 0.15) is 44.6 Å². The molecule has 0 aliphatic rings. The molecule has 1 N–H and O–H groups in total. The number of unbranched alkanes of at least 4 members (excludes halogenated alkanes) is 3. The minimum atomic E-state index is -0.245. The molecule has 3 rings (SSSR count). The van der Waals surface area contributed by atoms with E-state index in [0.717, 1.165) is 42.1 Å². The molecule has 0 aliphatic heterocycles. The van der Waals surface area contributed by atoms with Gasteiger partial charge in [-0.2, -0.15) is 0 Å². The molecule has 5 heteroatoms. The number of aromatic nitrogens is 1. The Morgan fingerprint density at radius 1 is 1.00 bits per heavy atom. The Kier molecular flexibility index (Phi) is 6.36. The van der Waals surface area contributed by atoms with Gasteiger partial charge in [0, 0.05) is 11.8 Å². The molecule has 0 fully saturated rings. The maximum atomic E-state index is 12.0. The molecule has 0 saturated heterocycles. The van der Waals surface area contributed by atoms with E-state index in [1.807, 2.05) is 54.6 Å². The van der Waals surface area contributed by atoms with Crippen molar-refractivity contribution in [2.75, 3.05) is 0 Å². The van der Waals surface area contributed by atoms with Crippen LogP contribution >= 0.6 is 0 Å². The number of hydrogen-bond acceptors (Lipinski definition) is 3. The predicted octanol–water partition coefficient (Wildman–Crippen LogP) is 5.98. The fraction of sp³-hybridized carbons (Fsp3) is 0.318. The number of aromatic hydroxyl groups is 1. The van der Waals surface area contributed by atoms with E-state index in [1.165, 1.54) is 0 Å². The molecule has 0 bridgehead atoms. The summed E-state index contributed by atoms with van der Waals surface area (Å²) >= 11 is 0. The maximum absolute atomic E-state index is 12.0. The third-order valence-electron chi connectivity index (χ3n) is 4.61. The SMILES string of the molecule is CCCCCCC(=O)N=Nc1c(O)n(Cc2ccccc2)c2ccccc12. The van der Waals surface area contributed by atoms with Gasteiger partial charge in [-0.3, -0.25) is 4.79 Å². The number of rotatable bonds is 8. The average Bonchev–Trinajstić information content (AvgIpc) is 2.96. The van der Waals surface area contributed by atoms with Crippen molar-refractivity contribution in [1.82, 2.24) is 4.57 Å². The monoisotopic (exact) mass is 363 g/mol. The Hall–Kier alpha value is -2.95. The number of benzene rings is 2. The van der Waals surface area contributed by atoms with E-state index in [9.17, 15) is 9.90 Å². The van der Waals surface area contributed by atoms with Crippen LogP contribution in [0.3, 0.4) is 0 Å². The topological polar surface area (TPSA) is 66.9 Å². The lowest BCUT2D eigenvalue weighted by molar-refractivity contribution is -0.118. The summed E-state index contributed by atoms with van der Waals surface area (Å²) in [6, 6.07) is 17.5. The van der Waals surface area contributed by atoms with E-state index in [-0.39, 0.29) is 11.8 Å². The van der Waals surface area contributed by atoms with Gasteiger partial charge in [0.2, 0.25) is 5.88 Å². The van der Waals surface area contributed by atoms with Gasteiger partial charge in [0.05, 0.1) is 12.1 Å². The van der Waals surface area contributed by atoms with E-state index in [0.29, 0.717) is 18.7 Å². The molecule has 0 unspecified atom stereocenters. The Labute approximate surface area is 159 Å². The number of amides is 1. The van der Waals surface area contributed by atoms with Gasteiger partial charge in [0.1, 0.15) is 0 Å². The zero-order chi connectivity index (χ0) is 19.1. The van der Waals surface area contributed by atoms with Crippen LogP contribution in [0, 0.1) is 0 Å². The van der Waals surface area contributed by atoms with E-state index < -0.39 is 0 Å². The molecule has 0 spiro atoms. The minimum Gasteiger partial charge on any atom is -0.493 e. The smallest absolute Gasteiger partial charge is 0.264 e. The Morgan fingerprint density at radius 3 is 2.52 bits per heavy atom. The van der Waals surface area contributed by atoms with Gasteiger partial charge < -0.3 is 9.67 Å². The molecule has 1 heterocycles. The highest BCUT2D eigenvalue weighted by Crippen LogP contribution is 2.39. The standard InChI is InChI=1S/C22H25N3O2/c1-2-3-4-8-15-20(26)23-24-21-18-13-9-10-14-19(18)25(22(21)27)16-17-11-6-5-7-12-17/h5-7,9-14,27H,2-4,8,15-16H2,1H3. The van der Waals surface area contributed by atoms with E-state index in [2.05, 4.69) is 17.2 Å². The van der Waals surface area contributed by atoms with Gasteiger partial charge in [0.25, 0.3) is 5.91 Å². The van der Waals surface area contributed by atoms with Gasteiger partial charge in [-0.05, 0) is 18.1 Å². The quantitative estimate of drug-likeness (QED) is 0.395. The van der Waals surface area contributed by atoms with Gasteiger partial charge >= 0.3 is 0 Å². The van der Waals surface area contributed by atoms with Crippen molar-refractivity contribution in [2.45, 2.75) is 45.6 Å². The first-order valence-electron chi connectivity index (χ1n) is 9.49. The predicted molar refractivity (Wildman–Crippen MR) is 107 cm³/mol. The second kappa shape index (κ2) is 9.12. The van der Waals surface area contributed by atoms with E-state index in [1.54, 1.807) is 4.57 Å². The summed E-state index contributed by atoms with van der Waals surface area (Å²) in [5.74, 6) is -0.215. The second-order valence-electron chi connectivity index (χ2n) is 6.67. The second-order valence-corrected chi connectivity index (χ2v) is 6.67. The van der Waals surface area contributed by atoms with Crippen LogP contribution in [-0.4, -0.2) is 15.6 Å². The normalized spacial score (nSPS) is 11.4. The number of carbonyl (C=O) groups is 1. The van der Waals surface area contributed by atoms with Crippen LogP contribution in [0.15, 0.2) is 64.8 Å². The maximum Gasteiger partial charge on any atom is 0.264 e. The zero-order valence-corrected chi connectivity index (χ0v) is 15.6. The molecule has 3 aromatic rings. The molecule has 0 saturated carbocycles. The summed E-state index contributed by atoms with van der Waals surface area (Å²) in [7, 11) is 0. The fourth-order valence-electron chi connectivity index (χ4n) is 3.16. The van der Waals surface area contributed by atoms with Crippen molar-refractivity contribution >= 4 is 22.5 Å². The van der Waals surface area contributed by atoms with Crippen molar-refractivity contribution in [3.05, 3.63) is 60.2 Å². The Balaban J connectivity index is 1.84. The van der Waals surface area contributed by atoms with Crippen molar-refractivity contribution in [3.63, 3.8) is 0 Å². The van der Waals surface area contributed by atoms with Gasteiger partial charge in [0.15, 0.2) is 5.69 Å². The van der Waals surface area contributed by atoms with Gasteiger partial charge in [-0.25, -0.2) is 0 Å². The van der Waals surface area contributed by atoms with Crippen molar-refractivity contribution in [1.29, 1.82) is 0 Å².